The molecule has 170 valence electrons. The van der Waals surface area contributed by atoms with E-state index in [0.717, 1.165) is 0 Å². The summed E-state index contributed by atoms with van der Waals surface area (Å²) in [5, 5.41) is 8.95. The maximum Gasteiger partial charge on any atom is 0.257 e. The van der Waals surface area contributed by atoms with Crippen molar-refractivity contribution in [2.24, 2.45) is 0 Å². The molecular formula is C24H22ClN3O4S. The molecule has 0 saturated heterocycles. The van der Waals surface area contributed by atoms with Gasteiger partial charge in [-0.15, -0.1) is 0 Å². The Hall–Kier alpha value is -3.46. The van der Waals surface area contributed by atoms with Crippen LogP contribution in [-0.4, -0.2) is 37.3 Å². The molecule has 0 atom stereocenters. The SMILES string of the molecule is COCCOc1ccc(C(=O)NC(=S)Nc2cccc(C(=O)Nc3cccc(Cl)c3)c2)cc1. The lowest BCUT2D eigenvalue weighted by Gasteiger charge is -2.11. The van der Waals surface area contributed by atoms with Crippen LogP contribution in [0.4, 0.5) is 11.4 Å². The molecule has 33 heavy (non-hydrogen) atoms. The molecular weight excluding hydrogens is 462 g/mol. The van der Waals surface area contributed by atoms with Crippen molar-refractivity contribution in [2.45, 2.75) is 0 Å². The van der Waals surface area contributed by atoms with Gasteiger partial charge in [0.25, 0.3) is 11.8 Å². The summed E-state index contributed by atoms with van der Waals surface area (Å²) in [5.41, 5.74) is 1.98. The second-order valence-electron chi connectivity index (χ2n) is 6.82. The Morgan fingerprint density at radius 1 is 0.848 bits per heavy atom. The number of benzene rings is 3. The molecule has 2 amide bonds. The summed E-state index contributed by atoms with van der Waals surface area (Å²) in [6.07, 6.45) is 0. The van der Waals surface area contributed by atoms with Crippen molar-refractivity contribution in [3.05, 3.63) is 88.9 Å². The molecule has 0 aliphatic rings. The van der Waals surface area contributed by atoms with Gasteiger partial charge < -0.3 is 20.1 Å². The average Bonchev–Trinajstić information content (AvgIpc) is 2.80. The van der Waals surface area contributed by atoms with Gasteiger partial charge in [0.1, 0.15) is 12.4 Å². The third-order valence-electron chi connectivity index (χ3n) is 4.36. The largest absolute Gasteiger partial charge is 0.491 e. The lowest BCUT2D eigenvalue weighted by Crippen LogP contribution is -2.34. The van der Waals surface area contributed by atoms with Crippen molar-refractivity contribution in [2.75, 3.05) is 31.0 Å². The fourth-order valence-corrected chi connectivity index (χ4v) is 3.19. The molecule has 0 radical (unpaired) electrons. The number of nitrogens with one attached hydrogen (secondary N) is 3. The highest BCUT2D eigenvalue weighted by Gasteiger charge is 2.11. The summed E-state index contributed by atoms with van der Waals surface area (Å²) in [6.45, 7) is 0.901. The quantitative estimate of drug-likeness (QED) is 0.316. The van der Waals surface area contributed by atoms with E-state index in [4.69, 9.17) is 33.3 Å². The zero-order valence-electron chi connectivity index (χ0n) is 17.8. The van der Waals surface area contributed by atoms with Crippen LogP contribution in [0.2, 0.25) is 5.02 Å². The molecule has 0 heterocycles. The van der Waals surface area contributed by atoms with E-state index >= 15 is 0 Å². The standard InChI is InChI=1S/C24H22ClN3O4S/c1-31-12-13-32-21-10-8-16(9-11-21)22(29)28-24(33)27-19-6-2-4-17(14-19)23(30)26-20-7-3-5-18(25)15-20/h2-11,14-15H,12-13H2,1H3,(H,26,30)(H2,27,28,29,33). The number of hydrogen-bond donors (Lipinski definition) is 3. The van der Waals surface area contributed by atoms with Gasteiger partial charge in [-0.25, -0.2) is 0 Å². The van der Waals surface area contributed by atoms with Gasteiger partial charge in [-0.3, -0.25) is 14.9 Å². The van der Waals surface area contributed by atoms with Crippen LogP contribution in [0.5, 0.6) is 5.75 Å². The fraction of sp³-hybridized carbons (Fsp3) is 0.125. The van der Waals surface area contributed by atoms with Gasteiger partial charge in [0.05, 0.1) is 6.61 Å². The number of hydrogen-bond acceptors (Lipinski definition) is 5. The van der Waals surface area contributed by atoms with E-state index in [9.17, 15) is 9.59 Å². The van der Waals surface area contributed by atoms with E-state index in [-0.39, 0.29) is 16.9 Å². The van der Waals surface area contributed by atoms with Gasteiger partial charge in [-0.2, -0.15) is 0 Å². The van der Waals surface area contributed by atoms with E-state index < -0.39 is 0 Å². The average molecular weight is 484 g/mol. The van der Waals surface area contributed by atoms with Crippen molar-refractivity contribution < 1.29 is 19.1 Å². The van der Waals surface area contributed by atoms with Crippen molar-refractivity contribution in [1.29, 1.82) is 0 Å². The number of methoxy groups -OCH3 is 1. The first-order valence-electron chi connectivity index (χ1n) is 9.96. The number of ether oxygens (including phenoxy) is 2. The van der Waals surface area contributed by atoms with Crippen LogP contribution in [0.25, 0.3) is 0 Å². The Bertz CT molecular complexity index is 1140. The Balaban J connectivity index is 1.55. The lowest BCUT2D eigenvalue weighted by atomic mass is 10.2. The van der Waals surface area contributed by atoms with E-state index in [1.807, 2.05) is 0 Å². The van der Waals surface area contributed by atoms with Crippen LogP contribution >= 0.6 is 23.8 Å². The number of amides is 2. The monoisotopic (exact) mass is 483 g/mol. The molecule has 0 aliphatic heterocycles. The molecule has 3 aromatic carbocycles. The zero-order chi connectivity index (χ0) is 23.6. The van der Waals surface area contributed by atoms with Gasteiger partial charge in [-0.05, 0) is 72.9 Å². The molecule has 0 aromatic heterocycles. The maximum absolute atomic E-state index is 12.5. The smallest absolute Gasteiger partial charge is 0.257 e. The van der Waals surface area contributed by atoms with Crippen LogP contribution in [0.3, 0.4) is 0 Å². The number of thiocarbonyl (C=S) groups is 1. The fourth-order valence-electron chi connectivity index (χ4n) is 2.79. The highest BCUT2D eigenvalue weighted by Crippen LogP contribution is 2.17. The van der Waals surface area contributed by atoms with E-state index in [0.29, 0.717) is 46.5 Å². The summed E-state index contributed by atoms with van der Waals surface area (Å²) in [6, 6.07) is 20.3. The number of carbonyl (C=O) groups is 2. The molecule has 0 saturated carbocycles. The Kier molecular flexibility index (Phi) is 8.77. The molecule has 0 fully saturated rings. The summed E-state index contributed by atoms with van der Waals surface area (Å²) in [4.78, 5) is 25.0. The molecule has 0 aliphatic carbocycles. The molecule has 0 bridgehead atoms. The minimum absolute atomic E-state index is 0.104. The minimum Gasteiger partial charge on any atom is -0.491 e. The van der Waals surface area contributed by atoms with Crippen LogP contribution in [0.1, 0.15) is 20.7 Å². The van der Waals surface area contributed by atoms with Gasteiger partial charge in [-0.1, -0.05) is 23.7 Å². The molecule has 0 unspecified atom stereocenters. The first-order chi connectivity index (χ1) is 15.9. The predicted molar refractivity (Wildman–Crippen MR) is 133 cm³/mol. The second kappa shape index (κ2) is 12.0. The molecule has 3 N–H and O–H groups in total. The molecule has 3 rings (SSSR count). The highest BCUT2D eigenvalue weighted by atomic mass is 35.5. The van der Waals surface area contributed by atoms with Crippen LogP contribution in [-0.2, 0) is 4.74 Å². The summed E-state index contributed by atoms with van der Waals surface area (Å²) < 4.78 is 10.4. The van der Waals surface area contributed by atoms with Crippen LogP contribution in [0, 0.1) is 0 Å². The van der Waals surface area contributed by atoms with Gasteiger partial charge in [0.15, 0.2) is 5.11 Å². The number of anilines is 2. The molecule has 3 aromatic rings. The third-order valence-corrected chi connectivity index (χ3v) is 4.80. The maximum atomic E-state index is 12.5. The number of carbonyl (C=O) groups excluding carboxylic acids is 2. The van der Waals surface area contributed by atoms with Crippen molar-refractivity contribution >= 4 is 52.1 Å². The summed E-state index contributed by atoms with van der Waals surface area (Å²) in [7, 11) is 1.60. The van der Waals surface area contributed by atoms with Crippen LogP contribution in [0.15, 0.2) is 72.8 Å². The van der Waals surface area contributed by atoms with Crippen molar-refractivity contribution in [3.63, 3.8) is 0 Å². The Labute approximate surface area is 202 Å². The van der Waals surface area contributed by atoms with E-state index in [1.54, 1.807) is 79.9 Å². The molecule has 0 spiro atoms. The lowest BCUT2D eigenvalue weighted by molar-refractivity contribution is 0.0976. The van der Waals surface area contributed by atoms with Gasteiger partial charge in [0, 0.05) is 34.6 Å². The van der Waals surface area contributed by atoms with Gasteiger partial charge >= 0.3 is 0 Å². The summed E-state index contributed by atoms with van der Waals surface area (Å²) >= 11 is 11.2. The van der Waals surface area contributed by atoms with Gasteiger partial charge in [0.2, 0.25) is 0 Å². The molecule has 7 nitrogen and oxygen atoms in total. The summed E-state index contributed by atoms with van der Waals surface area (Å²) in [5.74, 6) is -0.0355. The topological polar surface area (TPSA) is 88.7 Å². The highest BCUT2D eigenvalue weighted by molar-refractivity contribution is 7.80. The number of rotatable bonds is 8. The first-order valence-corrected chi connectivity index (χ1v) is 10.7. The van der Waals surface area contributed by atoms with Crippen molar-refractivity contribution in [1.82, 2.24) is 5.32 Å². The van der Waals surface area contributed by atoms with E-state index in [1.165, 1.54) is 0 Å². The number of halogens is 1. The third kappa shape index (κ3) is 7.57. The predicted octanol–water partition coefficient (Wildman–Crippen LogP) is 4.74. The minimum atomic E-state index is -0.370. The normalized spacial score (nSPS) is 10.2. The van der Waals surface area contributed by atoms with Crippen molar-refractivity contribution in [3.8, 4) is 5.75 Å². The Morgan fingerprint density at radius 3 is 2.24 bits per heavy atom. The first kappa shape index (κ1) is 24.2. The molecule has 9 heteroatoms. The second-order valence-corrected chi connectivity index (χ2v) is 7.66. The van der Waals surface area contributed by atoms with Crippen LogP contribution < -0.4 is 20.7 Å². The van der Waals surface area contributed by atoms with E-state index in [2.05, 4.69) is 16.0 Å². The Morgan fingerprint density at radius 2 is 1.55 bits per heavy atom. The zero-order valence-corrected chi connectivity index (χ0v) is 19.3.